The van der Waals surface area contributed by atoms with Gasteiger partial charge in [0.15, 0.2) is 0 Å². The average Bonchev–Trinajstić information content (AvgIpc) is 2.38. The van der Waals surface area contributed by atoms with E-state index < -0.39 is 5.56 Å². The normalized spacial score (nSPS) is 10.7. The lowest BCUT2D eigenvalue weighted by molar-refractivity contribution is 0.475. The van der Waals surface area contributed by atoms with Crippen LogP contribution in [0.3, 0.4) is 0 Å². The highest BCUT2D eigenvalue weighted by atomic mass is 16.3. The second-order valence-corrected chi connectivity index (χ2v) is 4.41. The topological polar surface area (TPSA) is 78.4 Å². The molecule has 1 aromatic heterocycles. The van der Waals surface area contributed by atoms with Crippen molar-refractivity contribution >= 4 is 6.21 Å². The van der Waals surface area contributed by atoms with Gasteiger partial charge in [0.2, 0.25) is 0 Å². The SMILES string of the molecule is Cc1cc(C)n(N=Cc2cccc(O)c2)c(=O)c1C#N. The van der Waals surface area contributed by atoms with Crippen molar-refractivity contribution in [2.45, 2.75) is 13.8 Å². The van der Waals surface area contributed by atoms with Crippen LogP contribution in [-0.2, 0) is 0 Å². The van der Waals surface area contributed by atoms with Crippen molar-refractivity contribution in [2.75, 3.05) is 0 Å². The van der Waals surface area contributed by atoms with E-state index in [1.807, 2.05) is 6.07 Å². The van der Waals surface area contributed by atoms with Crippen molar-refractivity contribution in [1.82, 2.24) is 4.68 Å². The summed E-state index contributed by atoms with van der Waals surface area (Å²) in [5, 5.41) is 22.4. The van der Waals surface area contributed by atoms with Crippen molar-refractivity contribution in [1.29, 1.82) is 5.26 Å². The molecule has 1 aromatic carbocycles. The van der Waals surface area contributed by atoms with Gasteiger partial charge in [-0.05, 0) is 43.2 Å². The molecule has 0 amide bonds. The van der Waals surface area contributed by atoms with Crippen LogP contribution in [0.1, 0.15) is 22.4 Å². The molecule has 1 N–H and O–H groups in total. The van der Waals surface area contributed by atoms with E-state index in [9.17, 15) is 9.90 Å². The van der Waals surface area contributed by atoms with Gasteiger partial charge in [0.1, 0.15) is 17.4 Å². The summed E-state index contributed by atoms with van der Waals surface area (Å²) >= 11 is 0. The predicted octanol–water partition coefficient (Wildman–Crippen LogP) is 1.92. The summed E-state index contributed by atoms with van der Waals surface area (Å²) in [5.41, 5.74) is 1.59. The van der Waals surface area contributed by atoms with Crippen molar-refractivity contribution < 1.29 is 5.11 Å². The fourth-order valence-corrected chi connectivity index (χ4v) is 1.89. The number of phenolic OH excluding ortho intramolecular Hbond substituents is 1. The summed E-state index contributed by atoms with van der Waals surface area (Å²) < 4.78 is 1.18. The number of benzene rings is 1. The minimum Gasteiger partial charge on any atom is -0.508 e. The number of aromatic hydroxyl groups is 1. The molecule has 1 heterocycles. The Bertz CT molecular complexity index is 783. The highest BCUT2D eigenvalue weighted by Crippen LogP contribution is 2.09. The molecule has 0 aliphatic carbocycles. The van der Waals surface area contributed by atoms with Gasteiger partial charge in [-0.15, -0.1) is 0 Å². The Morgan fingerprint density at radius 3 is 2.75 bits per heavy atom. The lowest BCUT2D eigenvalue weighted by Gasteiger charge is -2.06. The molecule has 20 heavy (non-hydrogen) atoms. The average molecular weight is 267 g/mol. The predicted molar refractivity (Wildman–Crippen MR) is 76.0 cm³/mol. The van der Waals surface area contributed by atoms with Crippen LogP contribution in [0, 0.1) is 25.2 Å². The largest absolute Gasteiger partial charge is 0.508 e. The summed E-state index contributed by atoms with van der Waals surface area (Å²) in [4.78, 5) is 12.1. The second-order valence-electron chi connectivity index (χ2n) is 4.41. The fourth-order valence-electron chi connectivity index (χ4n) is 1.89. The van der Waals surface area contributed by atoms with Crippen LogP contribution < -0.4 is 5.56 Å². The maximum Gasteiger partial charge on any atom is 0.289 e. The van der Waals surface area contributed by atoms with E-state index in [-0.39, 0.29) is 11.3 Å². The van der Waals surface area contributed by atoms with Crippen LogP contribution in [0.4, 0.5) is 0 Å². The van der Waals surface area contributed by atoms with Gasteiger partial charge in [0.25, 0.3) is 5.56 Å². The van der Waals surface area contributed by atoms with Gasteiger partial charge < -0.3 is 5.11 Å². The molecule has 0 spiro atoms. The van der Waals surface area contributed by atoms with E-state index in [0.29, 0.717) is 16.8 Å². The minimum atomic E-state index is -0.443. The first kappa shape index (κ1) is 13.6. The second kappa shape index (κ2) is 5.41. The van der Waals surface area contributed by atoms with Crippen LogP contribution in [0.2, 0.25) is 0 Å². The molecule has 2 aromatic rings. The number of hydrogen-bond acceptors (Lipinski definition) is 4. The van der Waals surface area contributed by atoms with Crippen LogP contribution in [-0.4, -0.2) is 16.0 Å². The minimum absolute atomic E-state index is 0.0867. The number of aromatic nitrogens is 1. The number of rotatable bonds is 2. The molecule has 5 heteroatoms. The maximum atomic E-state index is 12.1. The zero-order valence-corrected chi connectivity index (χ0v) is 11.2. The Labute approximate surface area is 116 Å². The Hall–Kier alpha value is -2.87. The molecular formula is C15H13N3O2. The van der Waals surface area contributed by atoms with E-state index in [2.05, 4.69) is 5.10 Å². The van der Waals surface area contributed by atoms with Gasteiger partial charge in [-0.25, -0.2) is 4.68 Å². The molecule has 0 aliphatic heterocycles. The first-order chi connectivity index (χ1) is 9.52. The van der Waals surface area contributed by atoms with E-state index in [0.717, 1.165) is 0 Å². The molecule has 0 aliphatic rings. The molecule has 2 rings (SSSR count). The van der Waals surface area contributed by atoms with Crippen molar-refractivity contribution in [2.24, 2.45) is 5.10 Å². The van der Waals surface area contributed by atoms with Crippen LogP contribution in [0.5, 0.6) is 5.75 Å². The van der Waals surface area contributed by atoms with E-state index in [1.165, 1.54) is 17.0 Å². The molecule has 0 radical (unpaired) electrons. The summed E-state index contributed by atoms with van der Waals surface area (Å²) in [7, 11) is 0. The lowest BCUT2D eigenvalue weighted by atomic mass is 10.1. The molecule has 0 saturated heterocycles. The fraction of sp³-hybridized carbons (Fsp3) is 0.133. The quantitative estimate of drug-likeness (QED) is 0.844. The van der Waals surface area contributed by atoms with Gasteiger partial charge in [0.05, 0.1) is 6.21 Å². The molecular weight excluding hydrogens is 254 g/mol. The van der Waals surface area contributed by atoms with Gasteiger partial charge >= 0.3 is 0 Å². The Morgan fingerprint density at radius 1 is 1.35 bits per heavy atom. The van der Waals surface area contributed by atoms with Gasteiger partial charge in [-0.1, -0.05) is 12.1 Å². The van der Waals surface area contributed by atoms with Crippen molar-refractivity contribution in [3.8, 4) is 11.8 Å². The molecule has 100 valence electrons. The molecule has 0 unspecified atom stereocenters. The van der Waals surface area contributed by atoms with Gasteiger partial charge in [-0.2, -0.15) is 10.4 Å². The first-order valence-electron chi connectivity index (χ1n) is 5.99. The third-order valence-electron chi connectivity index (χ3n) is 2.86. The number of hydrogen-bond donors (Lipinski definition) is 1. The van der Waals surface area contributed by atoms with E-state index >= 15 is 0 Å². The Morgan fingerprint density at radius 2 is 2.10 bits per heavy atom. The molecule has 0 atom stereocenters. The summed E-state index contributed by atoms with van der Waals surface area (Å²) in [6.45, 7) is 3.46. The lowest BCUT2D eigenvalue weighted by Crippen LogP contribution is -2.22. The molecule has 0 fully saturated rings. The number of aryl methyl sites for hydroxylation is 2. The molecule has 0 saturated carbocycles. The Kier molecular flexibility index (Phi) is 3.67. The monoisotopic (exact) mass is 267 g/mol. The molecule has 0 bridgehead atoms. The smallest absolute Gasteiger partial charge is 0.289 e. The number of nitrogens with zero attached hydrogens (tertiary/aromatic N) is 3. The molecule has 5 nitrogen and oxygen atoms in total. The highest BCUT2D eigenvalue weighted by molar-refractivity contribution is 5.80. The number of phenols is 1. The third kappa shape index (κ3) is 2.59. The van der Waals surface area contributed by atoms with E-state index in [1.54, 1.807) is 38.1 Å². The summed E-state index contributed by atoms with van der Waals surface area (Å²) in [5.74, 6) is 0.125. The van der Waals surface area contributed by atoms with Crippen molar-refractivity contribution in [3.63, 3.8) is 0 Å². The van der Waals surface area contributed by atoms with Crippen LogP contribution >= 0.6 is 0 Å². The third-order valence-corrected chi connectivity index (χ3v) is 2.86. The zero-order chi connectivity index (χ0) is 14.7. The summed E-state index contributed by atoms with van der Waals surface area (Å²) in [6, 6.07) is 10.1. The summed E-state index contributed by atoms with van der Waals surface area (Å²) in [6.07, 6.45) is 1.46. The Balaban J connectivity index is 2.50. The number of nitriles is 1. The maximum absolute atomic E-state index is 12.1. The van der Waals surface area contributed by atoms with Crippen molar-refractivity contribution in [3.05, 3.63) is 63.1 Å². The highest BCUT2D eigenvalue weighted by Gasteiger charge is 2.08. The zero-order valence-electron chi connectivity index (χ0n) is 11.2. The number of pyridine rings is 1. The van der Waals surface area contributed by atoms with Crippen LogP contribution in [0.25, 0.3) is 0 Å². The van der Waals surface area contributed by atoms with Gasteiger partial charge in [0, 0.05) is 5.69 Å². The standard InChI is InChI=1S/C15H13N3O2/c1-10-6-11(2)18(15(20)14(10)8-16)17-9-12-4-3-5-13(19)7-12/h3-7,9,19H,1-2H3. The first-order valence-corrected chi connectivity index (χ1v) is 5.99. The van der Waals surface area contributed by atoms with E-state index in [4.69, 9.17) is 5.26 Å². The van der Waals surface area contributed by atoms with Gasteiger partial charge in [-0.3, -0.25) is 4.79 Å². The van der Waals surface area contributed by atoms with Crippen LogP contribution in [0.15, 0.2) is 40.2 Å².